The van der Waals surface area contributed by atoms with Gasteiger partial charge >= 0.3 is 0 Å². The van der Waals surface area contributed by atoms with E-state index in [1.807, 2.05) is 48.5 Å². The maximum atomic E-state index is 5.80. The molecule has 2 heterocycles. The molecule has 4 aromatic rings. The Morgan fingerprint density at radius 1 is 0.962 bits per heavy atom. The number of benzene rings is 2. The van der Waals surface area contributed by atoms with Gasteiger partial charge in [0.05, 0.1) is 7.11 Å². The van der Waals surface area contributed by atoms with Gasteiger partial charge in [-0.15, -0.1) is 10.2 Å². The van der Waals surface area contributed by atoms with Crippen molar-refractivity contribution >= 4 is 16.3 Å². The number of aryl methyl sites for hydroxylation is 1. The molecule has 2 aromatic heterocycles. The van der Waals surface area contributed by atoms with Gasteiger partial charge in [0.2, 0.25) is 4.96 Å². The first-order valence-corrected chi connectivity index (χ1v) is 9.05. The zero-order valence-electron chi connectivity index (χ0n) is 14.5. The second-order valence-corrected chi connectivity index (χ2v) is 6.97. The molecule has 7 heteroatoms. The SMILES string of the molecule is COc1ccc(Cc2nnc3sc(COc4ccc(C)cc4)nn23)cc1. The highest BCUT2D eigenvalue weighted by Gasteiger charge is 2.12. The summed E-state index contributed by atoms with van der Waals surface area (Å²) in [6, 6.07) is 15.9. The fraction of sp³-hybridized carbons (Fsp3) is 0.211. The zero-order valence-corrected chi connectivity index (χ0v) is 15.4. The monoisotopic (exact) mass is 366 g/mol. The molecule has 2 aromatic carbocycles. The van der Waals surface area contributed by atoms with Crippen LogP contribution in [-0.2, 0) is 13.0 Å². The highest BCUT2D eigenvalue weighted by molar-refractivity contribution is 7.16. The molecule has 0 radical (unpaired) electrons. The summed E-state index contributed by atoms with van der Waals surface area (Å²) >= 11 is 1.49. The highest BCUT2D eigenvalue weighted by Crippen LogP contribution is 2.20. The molecule has 132 valence electrons. The Morgan fingerprint density at radius 2 is 1.69 bits per heavy atom. The van der Waals surface area contributed by atoms with E-state index in [1.165, 1.54) is 16.9 Å². The summed E-state index contributed by atoms with van der Waals surface area (Å²) in [5.74, 6) is 2.48. The minimum atomic E-state index is 0.416. The van der Waals surface area contributed by atoms with Crippen LogP contribution in [0.1, 0.15) is 22.0 Å². The molecular weight excluding hydrogens is 348 g/mol. The van der Waals surface area contributed by atoms with Crippen LogP contribution in [-0.4, -0.2) is 26.9 Å². The van der Waals surface area contributed by atoms with Crippen molar-refractivity contribution in [1.29, 1.82) is 0 Å². The predicted octanol–water partition coefficient (Wildman–Crippen LogP) is 3.67. The number of nitrogens with zero attached hydrogens (tertiary/aromatic N) is 4. The maximum absolute atomic E-state index is 5.80. The van der Waals surface area contributed by atoms with Gasteiger partial charge < -0.3 is 9.47 Å². The van der Waals surface area contributed by atoms with Crippen molar-refractivity contribution < 1.29 is 9.47 Å². The molecular formula is C19H18N4O2S. The van der Waals surface area contributed by atoms with E-state index >= 15 is 0 Å². The fourth-order valence-corrected chi connectivity index (χ4v) is 3.34. The Kier molecular flexibility index (Phi) is 4.53. The summed E-state index contributed by atoms with van der Waals surface area (Å²) in [7, 11) is 1.66. The first-order chi connectivity index (χ1) is 12.7. The van der Waals surface area contributed by atoms with E-state index < -0.39 is 0 Å². The van der Waals surface area contributed by atoms with Gasteiger partial charge in [-0.2, -0.15) is 9.61 Å². The van der Waals surface area contributed by atoms with Crippen molar-refractivity contribution in [3.8, 4) is 11.5 Å². The van der Waals surface area contributed by atoms with Crippen LogP contribution in [0.5, 0.6) is 11.5 Å². The summed E-state index contributed by atoms with van der Waals surface area (Å²) < 4.78 is 12.8. The Bertz CT molecular complexity index is 1010. The normalized spacial score (nSPS) is 11.0. The number of fused-ring (bicyclic) bond motifs is 1. The maximum Gasteiger partial charge on any atom is 0.234 e. The average molecular weight is 366 g/mol. The highest BCUT2D eigenvalue weighted by atomic mass is 32.1. The largest absolute Gasteiger partial charge is 0.497 e. The molecule has 0 saturated heterocycles. The number of ether oxygens (including phenoxy) is 2. The van der Waals surface area contributed by atoms with Crippen LogP contribution in [0.15, 0.2) is 48.5 Å². The molecule has 0 aliphatic heterocycles. The van der Waals surface area contributed by atoms with E-state index in [9.17, 15) is 0 Å². The minimum Gasteiger partial charge on any atom is -0.497 e. The second kappa shape index (κ2) is 7.13. The summed E-state index contributed by atoms with van der Waals surface area (Å²) in [6.07, 6.45) is 0.660. The van der Waals surface area contributed by atoms with Gasteiger partial charge in [-0.3, -0.25) is 0 Å². The van der Waals surface area contributed by atoms with E-state index in [0.29, 0.717) is 13.0 Å². The van der Waals surface area contributed by atoms with E-state index in [1.54, 1.807) is 11.6 Å². The van der Waals surface area contributed by atoms with Crippen LogP contribution < -0.4 is 9.47 Å². The minimum absolute atomic E-state index is 0.416. The third-order valence-electron chi connectivity index (χ3n) is 4.00. The lowest BCUT2D eigenvalue weighted by atomic mass is 10.1. The van der Waals surface area contributed by atoms with Gasteiger partial charge in [0.15, 0.2) is 10.8 Å². The van der Waals surface area contributed by atoms with Crippen LogP contribution in [0.4, 0.5) is 0 Å². The van der Waals surface area contributed by atoms with Crippen LogP contribution in [0.25, 0.3) is 4.96 Å². The van der Waals surface area contributed by atoms with Crippen LogP contribution >= 0.6 is 11.3 Å². The van der Waals surface area contributed by atoms with E-state index in [4.69, 9.17) is 9.47 Å². The van der Waals surface area contributed by atoms with Gasteiger partial charge in [-0.05, 0) is 36.8 Å². The molecule has 0 saturated carbocycles. The first kappa shape index (κ1) is 16.5. The smallest absolute Gasteiger partial charge is 0.234 e. The topological polar surface area (TPSA) is 61.5 Å². The Balaban J connectivity index is 1.48. The van der Waals surface area contributed by atoms with Gasteiger partial charge in [-0.1, -0.05) is 41.2 Å². The van der Waals surface area contributed by atoms with E-state index in [2.05, 4.69) is 22.2 Å². The third-order valence-corrected chi connectivity index (χ3v) is 4.87. The lowest BCUT2D eigenvalue weighted by Gasteiger charge is -2.03. The summed E-state index contributed by atoms with van der Waals surface area (Å²) in [6.45, 7) is 2.47. The number of hydrogen-bond donors (Lipinski definition) is 0. The Labute approximate surface area is 155 Å². The van der Waals surface area contributed by atoms with Crippen molar-refractivity contribution in [3.05, 3.63) is 70.5 Å². The molecule has 0 unspecified atom stereocenters. The first-order valence-electron chi connectivity index (χ1n) is 8.23. The van der Waals surface area contributed by atoms with Crippen molar-refractivity contribution in [2.75, 3.05) is 7.11 Å². The average Bonchev–Trinajstić information content (AvgIpc) is 3.23. The Hall–Kier alpha value is -2.93. The van der Waals surface area contributed by atoms with Gasteiger partial charge in [0.25, 0.3) is 0 Å². The fourth-order valence-electron chi connectivity index (χ4n) is 2.57. The van der Waals surface area contributed by atoms with Crippen molar-refractivity contribution in [1.82, 2.24) is 19.8 Å². The number of hydrogen-bond acceptors (Lipinski definition) is 6. The quantitative estimate of drug-likeness (QED) is 0.521. The van der Waals surface area contributed by atoms with E-state index in [0.717, 1.165) is 32.9 Å². The lowest BCUT2D eigenvalue weighted by molar-refractivity contribution is 0.304. The molecule has 4 rings (SSSR count). The lowest BCUT2D eigenvalue weighted by Crippen LogP contribution is -2.00. The van der Waals surface area contributed by atoms with Gasteiger partial charge in [0.1, 0.15) is 18.1 Å². The van der Waals surface area contributed by atoms with Crippen molar-refractivity contribution in [3.63, 3.8) is 0 Å². The predicted molar refractivity (Wildman–Crippen MR) is 100.0 cm³/mol. The molecule has 0 spiro atoms. The number of aromatic nitrogens is 4. The second-order valence-electron chi connectivity index (χ2n) is 5.93. The summed E-state index contributed by atoms with van der Waals surface area (Å²) in [4.78, 5) is 0.774. The van der Waals surface area contributed by atoms with Gasteiger partial charge in [-0.25, -0.2) is 0 Å². The number of methoxy groups -OCH3 is 1. The summed E-state index contributed by atoms with van der Waals surface area (Å²) in [5, 5.41) is 13.9. The molecule has 0 N–H and O–H groups in total. The molecule has 0 atom stereocenters. The molecule has 6 nitrogen and oxygen atoms in total. The molecule has 0 aliphatic carbocycles. The molecule has 0 aliphatic rings. The molecule has 0 bridgehead atoms. The standard InChI is InChI=1S/C19H18N4O2S/c1-13-3-7-16(8-4-13)25-12-18-22-23-17(20-21-19(23)26-18)11-14-5-9-15(24-2)10-6-14/h3-10H,11-12H2,1-2H3. The van der Waals surface area contributed by atoms with Crippen LogP contribution in [0, 0.1) is 6.92 Å². The zero-order chi connectivity index (χ0) is 17.9. The Morgan fingerprint density at radius 3 is 2.42 bits per heavy atom. The molecule has 0 fully saturated rings. The molecule has 0 amide bonds. The van der Waals surface area contributed by atoms with Crippen molar-refractivity contribution in [2.24, 2.45) is 0 Å². The van der Waals surface area contributed by atoms with E-state index in [-0.39, 0.29) is 0 Å². The van der Waals surface area contributed by atoms with Gasteiger partial charge in [0, 0.05) is 6.42 Å². The van der Waals surface area contributed by atoms with Crippen LogP contribution in [0.2, 0.25) is 0 Å². The summed E-state index contributed by atoms with van der Waals surface area (Å²) in [5.41, 5.74) is 2.34. The van der Waals surface area contributed by atoms with Crippen LogP contribution in [0.3, 0.4) is 0 Å². The number of rotatable bonds is 6. The third kappa shape index (κ3) is 3.52. The molecule has 26 heavy (non-hydrogen) atoms. The van der Waals surface area contributed by atoms with Crippen molar-refractivity contribution in [2.45, 2.75) is 20.0 Å².